The van der Waals surface area contributed by atoms with E-state index in [1.165, 1.54) is 18.4 Å². The highest BCUT2D eigenvalue weighted by molar-refractivity contribution is 6.30. The van der Waals surface area contributed by atoms with Gasteiger partial charge < -0.3 is 10.1 Å². The maximum Gasteiger partial charge on any atom is 0.183 e. The Bertz CT molecular complexity index is 466. The monoisotopic (exact) mass is 292 g/mol. The molecule has 108 valence electrons. The fourth-order valence-electron chi connectivity index (χ4n) is 2.91. The number of hydrogen-bond donors (Lipinski definition) is 1. The Balaban J connectivity index is 1.53. The second-order valence-electron chi connectivity index (χ2n) is 5.72. The molecular formula is C16H21ClN2O. The maximum atomic E-state index is 5.90. The van der Waals surface area contributed by atoms with E-state index in [0.717, 1.165) is 49.4 Å². The standard InChI is InChI=1S/C16H21ClN2O/c17-14-3-1-12(2-4-14)9-15-11-20-16(19-15)10-13-5-7-18-8-6-13/h1-4,13,15,18H,5-11H2. The molecule has 3 nitrogen and oxygen atoms in total. The molecule has 3 rings (SSSR count). The molecule has 1 saturated heterocycles. The SMILES string of the molecule is Clc1ccc(CC2COC(CC3CCNCC3)=N2)cc1. The number of nitrogens with one attached hydrogen (secondary N) is 1. The van der Waals surface area contributed by atoms with Gasteiger partial charge in [0.15, 0.2) is 5.90 Å². The van der Waals surface area contributed by atoms with Gasteiger partial charge in [0.05, 0.1) is 6.04 Å². The first-order chi connectivity index (χ1) is 9.79. The van der Waals surface area contributed by atoms with Crippen molar-refractivity contribution in [1.82, 2.24) is 5.32 Å². The number of hydrogen-bond acceptors (Lipinski definition) is 3. The third kappa shape index (κ3) is 3.74. The van der Waals surface area contributed by atoms with Gasteiger partial charge in [0.2, 0.25) is 0 Å². The number of nitrogens with zero attached hydrogens (tertiary/aromatic N) is 1. The lowest BCUT2D eigenvalue weighted by molar-refractivity contribution is 0.292. The molecule has 2 aliphatic heterocycles. The molecule has 0 aliphatic carbocycles. The van der Waals surface area contributed by atoms with Crippen molar-refractivity contribution in [3.63, 3.8) is 0 Å². The second kappa shape index (κ2) is 6.59. The summed E-state index contributed by atoms with van der Waals surface area (Å²) in [7, 11) is 0. The van der Waals surface area contributed by atoms with E-state index in [-0.39, 0.29) is 6.04 Å². The van der Waals surface area contributed by atoms with Gasteiger partial charge in [-0.25, -0.2) is 4.99 Å². The van der Waals surface area contributed by atoms with E-state index >= 15 is 0 Å². The number of aliphatic imine (C=N–C) groups is 1. The second-order valence-corrected chi connectivity index (χ2v) is 6.15. The molecular weight excluding hydrogens is 272 g/mol. The maximum absolute atomic E-state index is 5.90. The summed E-state index contributed by atoms with van der Waals surface area (Å²) in [5.74, 6) is 1.71. The molecule has 20 heavy (non-hydrogen) atoms. The van der Waals surface area contributed by atoms with E-state index in [0.29, 0.717) is 0 Å². The van der Waals surface area contributed by atoms with Crippen LogP contribution < -0.4 is 5.32 Å². The first kappa shape index (κ1) is 13.9. The molecule has 0 aromatic heterocycles. The highest BCUT2D eigenvalue weighted by Gasteiger charge is 2.23. The van der Waals surface area contributed by atoms with Crippen LogP contribution in [-0.4, -0.2) is 31.6 Å². The van der Waals surface area contributed by atoms with E-state index < -0.39 is 0 Å². The van der Waals surface area contributed by atoms with E-state index in [9.17, 15) is 0 Å². The van der Waals surface area contributed by atoms with E-state index in [2.05, 4.69) is 17.4 Å². The first-order valence-corrected chi connectivity index (χ1v) is 7.82. The van der Waals surface area contributed by atoms with Crippen LogP contribution in [0, 0.1) is 5.92 Å². The van der Waals surface area contributed by atoms with Gasteiger partial charge in [-0.15, -0.1) is 0 Å². The predicted molar refractivity (Wildman–Crippen MR) is 82.5 cm³/mol. The fourth-order valence-corrected chi connectivity index (χ4v) is 3.04. The molecule has 1 N–H and O–H groups in total. The van der Waals surface area contributed by atoms with Crippen LogP contribution in [0.15, 0.2) is 29.3 Å². The topological polar surface area (TPSA) is 33.6 Å². The van der Waals surface area contributed by atoms with Crippen molar-refractivity contribution in [2.24, 2.45) is 10.9 Å². The van der Waals surface area contributed by atoms with Crippen molar-refractivity contribution < 1.29 is 4.74 Å². The Hall–Kier alpha value is -1.06. The zero-order chi connectivity index (χ0) is 13.8. The minimum atomic E-state index is 0.271. The van der Waals surface area contributed by atoms with Crippen LogP contribution in [-0.2, 0) is 11.2 Å². The summed E-state index contributed by atoms with van der Waals surface area (Å²) in [6, 6.07) is 8.29. The lowest BCUT2D eigenvalue weighted by atomic mass is 9.95. The normalized spacial score (nSPS) is 23.4. The Labute approximate surface area is 125 Å². The van der Waals surface area contributed by atoms with Gasteiger partial charge in [-0.3, -0.25) is 0 Å². The predicted octanol–water partition coefficient (Wildman–Crippen LogP) is 3.07. The molecule has 0 bridgehead atoms. The molecule has 4 heteroatoms. The van der Waals surface area contributed by atoms with E-state index in [1.807, 2.05) is 12.1 Å². The van der Waals surface area contributed by atoms with E-state index in [4.69, 9.17) is 21.3 Å². The van der Waals surface area contributed by atoms with Gasteiger partial charge in [-0.05, 0) is 56.0 Å². The smallest absolute Gasteiger partial charge is 0.183 e. The van der Waals surface area contributed by atoms with E-state index in [1.54, 1.807) is 0 Å². The quantitative estimate of drug-likeness (QED) is 0.925. The summed E-state index contributed by atoms with van der Waals surface area (Å²) >= 11 is 5.90. The molecule has 2 heterocycles. The Morgan fingerprint density at radius 2 is 1.90 bits per heavy atom. The number of rotatable bonds is 4. The van der Waals surface area contributed by atoms with Crippen molar-refractivity contribution in [3.8, 4) is 0 Å². The molecule has 1 aromatic carbocycles. The van der Waals surface area contributed by atoms with Crippen LogP contribution in [0.4, 0.5) is 0 Å². The number of piperidine rings is 1. The third-order valence-corrected chi connectivity index (χ3v) is 4.33. The number of halogens is 1. The fraction of sp³-hybridized carbons (Fsp3) is 0.562. The summed E-state index contributed by atoms with van der Waals surface area (Å²) in [6.07, 6.45) is 4.43. The number of ether oxygens (including phenoxy) is 1. The molecule has 0 radical (unpaired) electrons. The van der Waals surface area contributed by atoms with Gasteiger partial charge in [-0.1, -0.05) is 23.7 Å². The minimum Gasteiger partial charge on any atom is -0.479 e. The van der Waals surface area contributed by atoms with Gasteiger partial charge in [0.1, 0.15) is 6.61 Å². The summed E-state index contributed by atoms with van der Waals surface area (Å²) < 4.78 is 5.77. The first-order valence-electron chi connectivity index (χ1n) is 7.44. The van der Waals surface area contributed by atoms with Crippen LogP contribution >= 0.6 is 11.6 Å². The van der Waals surface area contributed by atoms with Crippen LogP contribution in [0.1, 0.15) is 24.8 Å². The van der Waals surface area contributed by atoms with Gasteiger partial charge >= 0.3 is 0 Å². The molecule has 2 aliphatic rings. The molecule has 1 aromatic rings. The lowest BCUT2D eigenvalue weighted by Gasteiger charge is -2.21. The van der Waals surface area contributed by atoms with Crippen LogP contribution in [0.25, 0.3) is 0 Å². The summed E-state index contributed by atoms with van der Waals surface area (Å²) in [6.45, 7) is 2.99. The summed E-state index contributed by atoms with van der Waals surface area (Å²) in [5, 5.41) is 4.18. The zero-order valence-electron chi connectivity index (χ0n) is 11.6. The minimum absolute atomic E-state index is 0.271. The molecule has 1 fully saturated rings. The van der Waals surface area contributed by atoms with Crippen molar-refractivity contribution in [1.29, 1.82) is 0 Å². The van der Waals surface area contributed by atoms with Crippen LogP contribution in [0.2, 0.25) is 5.02 Å². The summed E-state index contributed by atoms with van der Waals surface area (Å²) in [5.41, 5.74) is 1.27. The Kier molecular flexibility index (Phi) is 4.58. The summed E-state index contributed by atoms with van der Waals surface area (Å²) in [4.78, 5) is 4.74. The molecule has 0 amide bonds. The molecule has 1 atom stereocenters. The van der Waals surface area contributed by atoms with Gasteiger partial charge in [-0.2, -0.15) is 0 Å². The molecule has 0 saturated carbocycles. The van der Waals surface area contributed by atoms with Crippen molar-refractivity contribution in [2.75, 3.05) is 19.7 Å². The van der Waals surface area contributed by atoms with Crippen LogP contribution in [0.5, 0.6) is 0 Å². The van der Waals surface area contributed by atoms with Crippen molar-refractivity contribution in [2.45, 2.75) is 31.7 Å². The van der Waals surface area contributed by atoms with Gasteiger partial charge in [0.25, 0.3) is 0 Å². The lowest BCUT2D eigenvalue weighted by Crippen LogP contribution is -2.28. The Morgan fingerprint density at radius 3 is 2.65 bits per heavy atom. The average molecular weight is 293 g/mol. The molecule has 0 spiro atoms. The Morgan fingerprint density at radius 1 is 1.15 bits per heavy atom. The highest BCUT2D eigenvalue weighted by atomic mass is 35.5. The average Bonchev–Trinajstić information content (AvgIpc) is 2.90. The van der Waals surface area contributed by atoms with Gasteiger partial charge in [0, 0.05) is 11.4 Å². The zero-order valence-corrected chi connectivity index (χ0v) is 12.4. The van der Waals surface area contributed by atoms with Crippen molar-refractivity contribution >= 4 is 17.5 Å². The van der Waals surface area contributed by atoms with Crippen LogP contribution in [0.3, 0.4) is 0 Å². The largest absolute Gasteiger partial charge is 0.479 e. The number of benzene rings is 1. The molecule has 1 unspecified atom stereocenters. The third-order valence-electron chi connectivity index (χ3n) is 4.08. The van der Waals surface area contributed by atoms with Crippen molar-refractivity contribution in [3.05, 3.63) is 34.9 Å². The highest BCUT2D eigenvalue weighted by Crippen LogP contribution is 2.21.